The Morgan fingerprint density at radius 3 is 2.91 bits per heavy atom. The molecular weight excluding hydrogens is 306 g/mol. The van der Waals surface area contributed by atoms with Gasteiger partial charge in [-0.05, 0) is 32.1 Å². The Morgan fingerprint density at radius 1 is 1.39 bits per heavy atom. The molecule has 0 aromatic carbocycles. The van der Waals surface area contributed by atoms with Crippen molar-refractivity contribution in [2.24, 2.45) is 10.9 Å². The van der Waals surface area contributed by atoms with Crippen molar-refractivity contribution in [2.45, 2.75) is 51.6 Å². The van der Waals surface area contributed by atoms with E-state index in [0.29, 0.717) is 6.04 Å². The van der Waals surface area contributed by atoms with E-state index in [4.69, 9.17) is 0 Å². The maximum atomic E-state index is 4.39. The molecule has 3 rings (SSSR count). The van der Waals surface area contributed by atoms with Crippen molar-refractivity contribution >= 4 is 17.3 Å². The third-order valence-corrected chi connectivity index (χ3v) is 5.82. The number of aryl methyl sites for hydroxylation is 1. The van der Waals surface area contributed by atoms with E-state index in [1.807, 2.05) is 13.2 Å². The van der Waals surface area contributed by atoms with Gasteiger partial charge >= 0.3 is 0 Å². The monoisotopic (exact) mass is 335 g/mol. The molecule has 6 heteroatoms. The molecule has 0 radical (unpaired) electrons. The Bertz CT molecular complexity index is 521. The predicted octanol–water partition coefficient (Wildman–Crippen LogP) is 2.38. The summed E-state index contributed by atoms with van der Waals surface area (Å²) in [6.45, 7) is 6.50. The molecule has 0 spiro atoms. The fourth-order valence-corrected chi connectivity index (χ4v) is 4.43. The van der Waals surface area contributed by atoms with E-state index < -0.39 is 0 Å². The first-order valence-corrected chi connectivity index (χ1v) is 9.65. The van der Waals surface area contributed by atoms with Gasteiger partial charge in [0, 0.05) is 43.8 Å². The number of aliphatic imine (C=N–C) groups is 1. The van der Waals surface area contributed by atoms with Gasteiger partial charge < -0.3 is 15.5 Å². The number of hydrogen-bond donors (Lipinski definition) is 2. The molecule has 0 bridgehead atoms. The first kappa shape index (κ1) is 16.7. The highest BCUT2D eigenvalue weighted by Gasteiger charge is 2.26. The van der Waals surface area contributed by atoms with Crippen LogP contribution in [0.5, 0.6) is 0 Å². The van der Waals surface area contributed by atoms with Gasteiger partial charge in [0.25, 0.3) is 0 Å². The molecule has 0 amide bonds. The average Bonchev–Trinajstić information content (AvgIpc) is 3.27. The molecule has 1 saturated carbocycles. The minimum Gasteiger partial charge on any atom is -0.352 e. The van der Waals surface area contributed by atoms with Crippen molar-refractivity contribution in [3.05, 3.63) is 16.1 Å². The first-order chi connectivity index (χ1) is 11.2. The maximum Gasteiger partial charge on any atom is 0.191 e. The zero-order valence-electron chi connectivity index (χ0n) is 14.3. The highest BCUT2D eigenvalue weighted by atomic mass is 32.1. The van der Waals surface area contributed by atoms with Crippen LogP contribution in [0.4, 0.5) is 0 Å². The van der Waals surface area contributed by atoms with Crippen molar-refractivity contribution in [3.8, 4) is 0 Å². The molecular formula is C17H29N5S. The van der Waals surface area contributed by atoms with Crippen molar-refractivity contribution in [1.82, 2.24) is 20.5 Å². The van der Waals surface area contributed by atoms with Gasteiger partial charge in [0.05, 0.1) is 6.54 Å². The van der Waals surface area contributed by atoms with Gasteiger partial charge in [-0.3, -0.25) is 4.99 Å². The molecule has 1 aliphatic heterocycles. The zero-order valence-corrected chi connectivity index (χ0v) is 15.2. The summed E-state index contributed by atoms with van der Waals surface area (Å²) < 4.78 is 0. The minimum atomic E-state index is 0.514. The lowest BCUT2D eigenvalue weighted by atomic mass is 10.1. The van der Waals surface area contributed by atoms with Crippen molar-refractivity contribution in [3.63, 3.8) is 0 Å². The number of aromatic nitrogens is 1. The quantitative estimate of drug-likeness (QED) is 0.641. The molecule has 2 fully saturated rings. The van der Waals surface area contributed by atoms with Crippen LogP contribution >= 0.6 is 11.3 Å². The van der Waals surface area contributed by atoms with Crippen LogP contribution in [0.2, 0.25) is 0 Å². The van der Waals surface area contributed by atoms with Gasteiger partial charge in [-0.25, -0.2) is 4.98 Å². The fraction of sp³-hybridized carbons (Fsp3) is 0.765. The molecule has 128 valence electrons. The predicted molar refractivity (Wildman–Crippen MR) is 97.0 cm³/mol. The normalized spacial score (nSPS) is 23.6. The first-order valence-electron chi connectivity index (χ1n) is 8.84. The molecule has 1 aliphatic carbocycles. The van der Waals surface area contributed by atoms with Gasteiger partial charge in [0.2, 0.25) is 0 Å². The second kappa shape index (κ2) is 8.11. The number of rotatable bonds is 5. The van der Waals surface area contributed by atoms with Crippen LogP contribution in [0.15, 0.2) is 11.2 Å². The Balaban J connectivity index is 1.40. The Labute approximate surface area is 143 Å². The summed E-state index contributed by atoms with van der Waals surface area (Å²) in [5.74, 6) is 1.84. The van der Waals surface area contributed by atoms with E-state index >= 15 is 0 Å². The summed E-state index contributed by atoms with van der Waals surface area (Å²) in [5.41, 5.74) is 0. The maximum absolute atomic E-state index is 4.39. The van der Waals surface area contributed by atoms with E-state index in [9.17, 15) is 0 Å². The minimum absolute atomic E-state index is 0.514. The SMILES string of the molecule is CN=C(NCc1ncc(C)s1)NC1CCN(CC2CCCC2)C1. The van der Waals surface area contributed by atoms with Crippen LogP contribution in [0.3, 0.4) is 0 Å². The van der Waals surface area contributed by atoms with Crippen molar-refractivity contribution in [2.75, 3.05) is 26.7 Å². The summed E-state index contributed by atoms with van der Waals surface area (Å²) in [6.07, 6.45) is 8.88. The summed E-state index contributed by atoms with van der Waals surface area (Å²) in [4.78, 5) is 12.6. The molecule has 23 heavy (non-hydrogen) atoms. The van der Waals surface area contributed by atoms with Crippen molar-refractivity contribution < 1.29 is 0 Å². The topological polar surface area (TPSA) is 52.6 Å². The average molecular weight is 336 g/mol. The standard InChI is InChI=1S/C17H29N5S/c1-13-9-19-16(23-13)10-20-17(18-2)21-15-7-8-22(12-15)11-14-5-3-4-6-14/h9,14-15H,3-8,10-12H2,1-2H3,(H2,18,20,21). The largest absolute Gasteiger partial charge is 0.352 e. The van der Waals surface area contributed by atoms with E-state index in [2.05, 4.69) is 32.4 Å². The summed E-state index contributed by atoms with van der Waals surface area (Å²) in [5, 5.41) is 8.06. The number of nitrogens with zero attached hydrogens (tertiary/aromatic N) is 3. The summed E-state index contributed by atoms with van der Waals surface area (Å²) >= 11 is 1.74. The summed E-state index contributed by atoms with van der Waals surface area (Å²) in [6, 6.07) is 0.514. The van der Waals surface area contributed by atoms with Crippen LogP contribution in [-0.2, 0) is 6.54 Å². The highest BCUT2D eigenvalue weighted by Crippen LogP contribution is 2.26. The second-order valence-corrected chi connectivity index (χ2v) is 8.15. The Hall–Kier alpha value is -1.14. The lowest BCUT2D eigenvalue weighted by molar-refractivity contribution is 0.275. The number of nitrogens with one attached hydrogen (secondary N) is 2. The van der Waals surface area contributed by atoms with E-state index in [1.54, 1.807) is 11.3 Å². The molecule has 2 N–H and O–H groups in total. The van der Waals surface area contributed by atoms with Crippen LogP contribution in [0, 0.1) is 12.8 Å². The Morgan fingerprint density at radius 2 is 2.22 bits per heavy atom. The van der Waals surface area contributed by atoms with E-state index in [-0.39, 0.29) is 0 Å². The van der Waals surface area contributed by atoms with Gasteiger partial charge in [0.1, 0.15) is 5.01 Å². The number of likely N-dealkylation sites (tertiary alicyclic amines) is 1. The number of guanidine groups is 1. The third-order valence-electron chi connectivity index (χ3n) is 4.90. The number of hydrogen-bond acceptors (Lipinski definition) is 4. The molecule has 5 nitrogen and oxygen atoms in total. The van der Waals surface area contributed by atoms with Crippen LogP contribution in [-0.4, -0.2) is 48.6 Å². The number of thiazole rings is 1. The molecule has 1 atom stereocenters. The molecule has 2 heterocycles. The summed E-state index contributed by atoms with van der Waals surface area (Å²) in [7, 11) is 1.84. The second-order valence-electron chi connectivity index (χ2n) is 6.83. The van der Waals surface area contributed by atoms with Crippen LogP contribution in [0.25, 0.3) is 0 Å². The smallest absolute Gasteiger partial charge is 0.191 e. The molecule has 1 saturated heterocycles. The van der Waals surface area contributed by atoms with Crippen molar-refractivity contribution in [1.29, 1.82) is 0 Å². The fourth-order valence-electron chi connectivity index (χ4n) is 3.70. The van der Waals surface area contributed by atoms with Gasteiger partial charge in [0.15, 0.2) is 5.96 Å². The zero-order chi connectivity index (χ0) is 16.1. The molecule has 1 aromatic rings. The highest BCUT2D eigenvalue weighted by molar-refractivity contribution is 7.11. The molecule has 2 aliphatic rings. The van der Waals surface area contributed by atoms with E-state index in [1.165, 1.54) is 50.1 Å². The Kier molecular flexibility index (Phi) is 5.89. The lowest BCUT2D eigenvalue weighted by Crippen LogP contribution is -2.44. The van der Waals surface area contributed by atoms with Gasteiger partial charge in [-0.2, -0.15) is 0 Å². The molecule has 1 aromatic heterocycles. The van der Waals surface area contributed by atoms with Gasteiger partial charge in [-0.15, -0.1) is 11.3 Å². The lowest BCUT2D eigenvalue weighted by Gasteiger charge is -2.21. The molecule has 1 unspecified atom stereocenters. The van der Waals surface area contributed by atoms with Crippen LogP contribution in [0.1, 0.15) is 42.0 Å². The van der Waals surface area contributed by atoms with Crippen LogP contribution < -0.4 is 10.6 Å². The van der Waals surface area contributed by atoms with E-state index in [0.717, 1.165) is 30.0 Å². The third kappa shape index (κ3) is 4.91. The van der Waals surface area contributed by atoms with Gasteiger partial charge in [-0.1, -0.05) is 12.8 Å².